The molecular formula is C34H32O6. The van der Waals surface area contributed by atoms with Gasteiger partial charge >= 0.3 is 17.9 Å². The summed E-state index contributed by atoms with van der Waals surface area (Å²) in [5.41, 5.74) is 8.74. The molecule has 0 saturated heterocycles. The molecule has 40 heavy (non-hydrogen) atoms. The van der Waals surface area contributed by atoms with Crippen LogP contribution in [-0.4, -0.2) is 17.9 Å². The third kappa shape index (κ3) is 5.81. The minimum atomic E-state index is -0.621. The van der Waals surface area contributed by atoms with Crippen molar-refractivity contribution in [3.63, 3.8) is 0 Å². The van der Waals surface area contributed by atoms with Crippen LogP contribution in [0.5, 0.6) is 17.2 Å². The van der Waals surface area contributed by atoms with Gasteiger partial charge in [-0.1, -0.05) is 44.0 Å². The smallest absolute Gasteiger partial charge is 0.338 e. The van der Waals surface area contributed by atoms with Gasteiger partial charge in [-0.2, -0.15) is 0 Å². The van der Waals surface area contributed by atoms with Crippen molar-refractivity contribution in [3.8, 4) is 39.5 Å². The van der Waals surface area contributed by atoms with Crippen molar-refractivity contribution in [2.45, 2.75) is 47.0 Å². The zero-order valence-electron chi connectivity index (χ0n) is 23.3. The lowest BCUT2D eigenvalue weighted by Gasteiger charge is -2.18. The number of fused-ring (bicyclic) bond motifs is 1. The van der Waals surface area contributed by atoms with Crippen molar-refractivity contribution in [2.75, 3.05) is 0 Å². The third-order valence-electron chi connectivity index (χ3n) is 6.84. The molecule has 0 radical (unpaired) electrons. The molecule has 0 saturated carbocycles. The van der Waals surface area contributed by atoms with Crippen LogP contribution in [-0.2, 0) is 27.2 Å². The number of hydrogen-bond donors (Lipinski definition) is 0. The zero-order valence-corrected chi connectivity index (χ0v) is 23.3. The Bertz CT molecular complexity index is 1590. The van der Waals surface area contributed by atoms with Crippen LogP contribution in [0, 0.1) is 13.8 Å². The Labute approximate surface area is 234 Å². The van der Waals surface area contributed by atoms with Gasteiger partial charge in [0.1, 0.15) is 5.75 Å². The van der Waals surface area contributed by atoms with Crippen molar-refractivity contribution >= 4 is 17.9 Å². The highest BCUT2D eigenvalue weighted by molar-refractivity contribution is 5.92. The lowest BCUT2D eigenvalue weighted by Crippen LogP contribution is -2.12. The fraction of sp³-hybridized carbons (Fsp3) is 0.206. The Hall–Kier alpha value is -4.71. The summed E-state index contributed by atoms with van der Waals surface area (Å²) in [6.45, 7) is 17.9. The largest absolute Gasteiger partial charge is 0.423 e. The first-order chi connectivity index (χ1) is 19.0. The van der Waals surface area contributed by atoms with E-state index in [1.54, 1.807) is 26.0 Å². The average molecular weight is 537 g/mol. The number of hydrogen-bond acceptors (Lipinski definition) is 6. The molecule has 0 atom stereocenters. The number of rotatable bonds is 8. The summed E-state index contributed by atoms with van der Waals surface area (Å²) >= 11 is 0. The van der Waals surface area contributed by atoms with Gasteiger partial charge in [-0.25, -0.2) is 14.4 Å². The molecule has 3 aromatic carbocycles. The quantitative estimate of drug-likeness (QED) is 0.172. The predicted molar refractivity (Wildman–Crippen MR) is 156 cm³/mol. The molecule has 4 rings (SSSR count). The zero-order chi connectivity index (χ0) is 29.1. The number of benzene rings is 3. The summed E-state index contributed by atoms with van der Waals surface area (Å²) in [7, 11) is 0. The molecule has 0 spiro atoms. The standard InChI is InChI=1S/C34H32O6/c1-8-32(35)38-29-15-13-25(24-10-9-11-26(24)29)28-17-21(6)27(16-22(28)7)23-12-14-30(39-33(36)19(2)3)31(18-23)40-34(37)20(4)5/h8,12-18H,1-2,4,9-11H2,3,5-7H3. The first-order valence-electron chi connectivity index (χ1n) is 13.0. The molecule has 3 aromatic rings. The second kappa shape index (κ2) is 11.6. The number of esters is 3. The van der Waals surface area contributed by atoms with Gasteiger partial charge < -0.3 is 14.2 Å². The van der Waals surface area contributed by atoms with Crippen LogP contribution in [0.15, 0.2) is 79.4 Å². The lowest BCUT2D eigenvalue weighted by atomic mass is 9.89. The van der Waals surface area contributed by atoms with Crippen molar-refractivity contribution < 1.29 is 28.6 Å². The molecule has 6 nitrogen and oxygen atoms in total. The van der Waals surface area contributed by atoms with Gasteiger partial charge in [0.25, 0.3) is 0 Å². The van der Waals surface area contributed by atoms with E-state index in [4.69, 9.17) is 14.2 Å². The minimum Gasteiger partial charge on any atom is -0.423 e. The number of carbonyl (C=O) groups excluding carboxylic acids is 3. The molecule has 0 N–H and O–H groups in total. The number of aryl methyl sites for hydroxylation is 2. The molecule has 0 bridgehead atoms. The Balaban J connectivity index is 1.75. The van der Waals surface area contributed by atoms with E-state index in [0.29, 0.717) is 5.75 Å². The van der Waals surface area contributed by atoms with E-state index in [0.717, 1.165) is 58.2 Å². The monoisotopic (exact) mass is 536 g/mol. The van der Waals surface area contributed by atoms with Gasteiger partial charge in [0.2, 0.25) is 0 Å². The number of ether oxygens (including phenoxy) is 3. The van der Waals surface area contributed by atoms with E-state index in [2.05, 4.69) is 38.8 Å². The van der Waals surface area contributed by atoms with Crippen molar-refractivity contribution in [1.82, 2.24) is 0 Å². The van der Waals surface area contributed by atoms with Crippen LogP contribution in [0.1, 0.15) is 42.5 Å². The van der Waals surface area contributed by atoms with Gasteiger partial charge in [0.15, 0.2) is 11.5 Å². The van der Waals surface area contributed by atoms with Gasteiger partial charge in [-0.15, -0.1) is 0 Å². The molecule has 204 valence electrons. The van der Waals surface area contributed by atoms with Crippen LogP contribution in [0.2, 0.25) is 0 Å². The van der Waals surface area contributed by atoms with Crippen molar-refractivity contribution in [2.24, 2.45) is 0 Å². The van der Waals surface area contributed by atoms with Crippen LogP contribution < -0.4 is 14.2 Å². The Morgan fingerprint density at radius 2 is 1.27 bits per heavy atom. The molecule has 0 aromatic heterocycles. The highest BCUT2D eigenvalue weighted by atomic mass is 16.6. The molecule has 0 heterocycles. The average Bonchev–Trinajstić information content (AvgIpc) is 3.41. The summed E-state index contributed by atoms with van der Waals surface area (Å²) < 4.78 is 16.4. The van der Waals surface area contributed by atoms with Crippen LogP contribution in [0.3, 0.4) is 0 Å². The van der Waals surface area contributed by atoms with Crippen LogP contribution in [0.25, 0.3) is 22.3 Å². The van der Waals surface area contributed by atoms with Crippen molar-refractivity contribution in [1.29, 1.82) is 0 Å². The van der Waals surface area contributed by atoms with Gasteiger partial charge in [0, 0.05) is 17.2 Å². The molecule has 0 unspecified atom stereocenters. The summed E-state index contributed by atoms with van der Waals surface area (Å²) in [5.74, 6) is -0.879. The fourth-order valence-corrected chi connectivity index (χ4v) is 4.80. The maximum absolute atomic E-state index is 12.3. The van der Waals surface area contributed by atoms with E-state index in [9.17, 15) is 14.4 Å². The molecule has 6 heteroatoms. The van der Waals surface area contributed by atoms with E-state index in [1.165, 1.54) is 11.6 Å². The summed E-state index contributed by atoms with van der Waals surface area (Å²) in [6, 6.07) is 13.2. The van der Waals surface area contributed by atoms with E-state index in [-0.39, 0.29) is 22.6 Å². The minimum absolute atomic E-state index is 0.115. The molecular weight excluding hydrogens is 504 g/mol. The van der Waals surface area contributed by atoms with Crippen LogP contribution >= 0.6 is 0 Å². The topological polar surface area (TPSA) is 78.9 Å². The Kier molecular flexibility index (Phi) is 8.19. The maximum Gasteiger partial charge on any atom is 0.338 e. The highest BCUT2D eigenvalue weighted by Gasteiger charge is 2.23. The van der Waals surface area contributed by atoms with Crippen LogP contribution in [0.4, 0.5) is 0 Å². The second-order valence-corrected chi connectivity index (χ2v) is 10.0. The Morgan fingerprint density at radius 3 is 1.93 bits per heavy atom. The first-order valence-corrected chi connectivity index (χ1v) is 13.0. The van der Waals surface area contributed by atoms with E-state index in [1.807, 2.05) is 25.1 Å². The van der Waals surface area contributed by atoms with E-state index >= 15 is 0 Å². The fourth-order valence-electron chi connectivity index (χ4n) is 4.80. The van der Waals surface area contributed by atoms with Gasteiger partial charge in [-0.3, -0.25) is 0 Å². The van der Waals surface area contributed by atoms with Gasteiger partial charge in [-0.05, 0) is 110 Å². The molecule has 0 fully saturated rings. The predicted octanol–water partition coefficient (Wildman–Crippen LogP) is 7.18. The maximum atomic E-state index is 12.3. The first kappa shape index (κ1) is 28.3. The Morgan fingerprint density at radius 1 is 0.700 bits per heavy atom. The molecule has 0 amide bonds. The van der Waals surface area contributed by atoms with Gasteiger partial charge in [0.05, 0.1) is 0 Å². The van der Waals surface area contributed by atoms with E-state index < -0.39 is 17.9 Å². The molecule has 1 aliphatic rings. The highest BCUT2D eigenvalue weighted by Crippen LogP contribution is 2.42. The molecule has 1 aliphatic carbocycles. The normalized spacial score (nSPS) is 11.8. The summed E-state index contributed by atoms with van der Waals surface area (Å²) in [6.07, 6.45) is 3.93. The number of carbonyl (C=O) groups is 3. The third-order valence-corrected chi connectivity index (χ3v) is 6.84. The SMILES string of the molecule is C=CC(=O)Oc1ccc(-c2cc(C)c(-c3ccc(OC(=O)C(=C)C)c(OC(=O)C(=C)C)c3)cc2C)c2c1CCC2. The van der Waals surface area contributed by atoms with Crippen molar-refractivity contribution in [3.05, 3.63) is 102 Å². The summed E-state index contributed by atoms with van der Waals surface area (Å²) in [4.78, 5) is 36.3. The summed E-state index contributed by atoms with van der Waals surface area (Å²) in [5, 5.41) is 0. The second-order valence-electron chi connectivity index (χ2n) is 10.0. The lowest BCUT2D eigenvalue weighted by molar-refractivity contribution is -0.132. The molecule has 0 aliphatic heterocycles.